The molecule has 4 heterocycles. The Morgan fingerprint density at radius 3 is 3.11 bits per heavy atom. The second-order valence-corrected chi connectivity index (χ2v) is 6.66. The van der Waals surface area contributed by atoms with E-state index in [1.54, 1.807) is 12.7 Å². The lowest BCUT2D eigenvalue weighted by Crippen LogP contribution is -2.11. The maximum Gasteiger partial charge on any atom is 0.165 e. The molecule has 0 atom stereocenters. The van der Waals surface area contributed by atoms with Crippen LogP contribution in [0.2, 0.25) is 0 Å². The van der Waals surface area contributed by atoms with Gasteiger partial charge in [-0.2, -0.15) is 10.2 Å². The van der Waals surface area contributed by atoms with Gasteiger partial charge >= 0.3 is 0 Å². The van der Waals surface area contributed by atoms with Gasteiger partial charge in [-0.3, -0.25) is 9.25 Å². The summed E-state index contributed by atoms with van der Waals surface area (Å²) in [5.74, 6) is 0.855. The molecule has 1 aromatic carbocycles. The Hall–Kier alpha value is -3.26. The van der Waals surface area contributed by atoms with Crippen molar-refractivity contribution in [3.8, 4) is 17.2 Å². The van der Waals surface area contributed by atoms with Crippen molar-refractivity contribution in [1.82, 2.24) is 39.4 Å². The van der Waals surface area contributed by atoms with Crippen LogP contribution in [-0.4, -0.2) is 40.6 Å². The zero-order valence-electron chi connectivity index (χ0n) is 14.9. The molecule has 3 aromatic heterocycles. The Kier molecular flexibility index (Phi) is 4.02. The highest BCUT2D eigenvalue weighted by atomic mass is 15.3. The van der Waals surface area contributed by atoms with Gasteiger partial charge in [-0.1, -0.05) is 12.1 Å². The highest BCUT2D eigenvalue weighted by molar-refractivity contribution is 5.55. The lowest BCUT2D eigenvalue weighted by atomic mass is 10.2. The standard InChI is InChI=1S/C19H20N8/c1-3-15(12-25-14-21-13-23-25)9-16(4-1)26-8-6-22-19(26)18-10-17-11-20-5-2-7-27(17)24-18/h1,3-4,6,8-10,13-14,20H,2,5,7,11-12H2. The number of nitrogens with zero attached hydrogens (tertiary/aromatic N) is 7. The number of hydrogen-bond donors (Lipinski definition) is 1. The fourth-order valence-electron chi connectivity index (χ4n) is 3.48. The van der Waals surface area contributed by atoms with Crippen LogP contribution >= 0.6 is 0 Å². The molecule has 0 unspecified atom stereocenters. The Labute approximate surface area is 156 Å². The average Bonchev–Trinajstić information content (AvgIpc) is 3.41. The fourth-order valence-corrected chi connectivity index (χ4v) is 3.48. The fraction of sp³-hybridized carbons (Fsp3) is 0.263. The highest BCUT2D eigenvalue weighted by Gasteiger charge is 2.16. The van der Waals surface area contributed by atoms with E-state index in [1.165, 1.54) is 5.69 Å². The van der Waals surface area contributed by atoms with Crippen LogP contribution in [0.15, 0.2) is 55.4 Å². The largest absolute Gasteiger partial charge is 0.311 e. The highest BCUT2D eigenvalue weighted by Crippen LogP contribution is 2.23. The van der Waals surface area contributed by atoms with Gasteiger partial charge in [-0.05, 0) is 36.7 Å². The summed E-state index contributed by atoms with van der Waals surface area (Å²) in [5, 5.41) is 12.4. The molecule has 1 N–H and O–H groups in total. The third-order valence-electron chi connectivity index (χ3n) is 4.76. The van der Waals surface area contributed by atoms with E-state index in [0.717, 1.165) is 48.8 Å². The molecule has 5 rings (SSSR count). The molecule has 0 fully saturated rings. The molecule has 0 saturated carbocycles. The number of nitrogens with one attached hydrogen (secondary N) is 1. The first-order chi connectivity index (χ1) is 13.4. The number of benzene rings is 1. The van der Waals surface area contributed by atoms with Crippen molar-refractivity contribution < 1.29 is 0 Å². The third-order valence-corrected chi connectivity index (χ3v) is 4.76. The van der Waals surface area contributed by atoms with E-state index < -0.39 is 0 Å². The number of rotatable bonds is 4. The SMILES string of the molecule is c1cc(Cn2cncn2)cc(-n2ccnc2-c2cc3n(n2)CCCNC3)c1. The van der Waals surface area contributed by atoms with Gasteiger partial charge in [0.15, 0.2) is 5.82 Å². The zero-order chi connectivity index (χ0) is 18.1. The van der Waals surface area contributed by atoms with E-state index in [9.17, 15) is 0 Å². The second kappa shape index (κ2) is 6.81. The van der Waals surface area contributed by atoms with Gasteiger partial charge in [0.05, 0.1) is 12.2 Å². The molecule has 27 heavy (non-hydrogen) atoms. The maximum atomic E-state index is 4.79. The lowest BCUT2D eigenvalue weighted by Gasteiger charge is -2.09. The molecule has 8 nitrogen and oxygen atoms in total. The van der Waals surface area contributed by atoms with Gasteiger partial charge in [0.2, 0.25) is 0 Å². The van der Waals surface area contributed by atoms with E-state index in [4.69, 9.17) is 5.10 Å². The smallest absolute Gasteiger partial charge is 0.165 e. The molecule has 0 saturated heterocycles. The first-order valence-electron chi connectivity index (χ1n) is 9.10. The van der Waals surface area contributed by atoms with Crippen molar-refractivity contribution in [3.05, 3.63) is 66.6 Å². The molecular formula is C19H20N8. The van der Waals surface area contributed by atoms with Crippen LogP contribution in [0.5, 0.6) is 0 Å². The number of aromatic nitrogens is 7. The van der Waals surface area contributed by atoms with Crippen LogP contribution in [-0.2, 0) is 19.6 Å². The van der Waals surface area contributed by atoms with Gasteiger partial charge in [0, 0.05) is 31.2 Å². The minimum Gasteiger partial charge on any atom is -0.311 e. The van der Waals surface area contributed by atoms with Crippen LogP contribution in [0.25, 0.3) is 17.2 Å². The molecule has 1 aliphatic rings. The quantitative estimate of drug-likeness (QED) is 0.601. The Morgan fingerprint density at radius 2 is 2.19 bits per heavy atom. The number of aryl methyl sites for hydroxylation is 1. The summed E-state index contributed by atoms with van der Waals surface area (Å²) >= 11 is 0. The summed E-state index contributed by atoms with van der Waals surface area (Å²) in [6.07, 6.45) is 8.17. The zero-order valence-corrected chi connectivity index (χ0v) is 14.9. The molecule has 4 aromatic rings. The lowest BCUT2D eigenvalue weighted by molar-refractivity contribution is 0.588. The van der Waals surface area contributed by atoms with E-state index in [1.807, 2.05) is 17.1 Å². The normalized spacial score (nSPS) is 14.1. The first kappa shape index (κ1) is 16.0. The second-order valence-electron chi connectivity index (χ2n) is 6.66. The predicted octanol–water partition coefficient (Wildman–Crippen LogP) is 1.87. The molecule has 0 amide bonds. The van der Waals surface area contributed by atoms with Gasteiger partial charge in [0.1, 0.15) is 18.3 Å². The molecule has 0 bridgehead atoms. The van der Waals surface area contributed by atoms with Gasteiger partial charge in [0.25, 0.3) is 0 Å². The number of fused-ring (bicyclic) bond motifs is 1. The van der Waals surface area contributed by atoms with E-state index in [0.29, 0.717) is 6.54 Å². The summed E-state index contributed by atoms with van der Waals surface area (Å²) in [7, 11) is 0. The van der Waals surface area contributed by atoms with Crippen molar-refractivity contribution in [2.24, 2.45) is 0 Å². The predicted molar refractivity (Wildman–Crippen MR) is 100 cm³/mol. The summed E-state index contributed by atoms with van der Waals surface area (Å²) in [4.78, 5) is 8.58. The van der Waals surface area contributed by atoms with Gasteiger partial charge in [-0.25, -0.2) is 14.6 Å². The molecule has 136 valence electrons. The summed E-state index contributed by atoms with van der Waals surface area (Å²) < 4.78 is 5.99. The van der Waals surface area contributed by atoms with E-state index >= 15 is 0 Å². The minimum atomic E-state index is 0.683. The van der Waals surface area contributed by atoms with Crippen LogP contribution < -0.4 is 5.32 Å². The van der Waals surface area contributed by atoms with Crippen LogP contribution in [0.1, 0.15) is 17.7 Å². The molecular weight excluding hydrogens is 340 g/mol. The number of imidazole rings is 1. The average molecular weight is 360 g/mol. The molecule has 0 radical (unpaired) electrons. The summed E-state index contributed by atoms with van der Waals surface area (Å²) in [6, 6.07) is 10.5. The maximum absolute atomic E-state index is 4.79. The van der Waals surface area contributed by atoms with E-state index in [2.05, 4.69) is 60.0 Å². The van der Waals surface area contributed by atoms with Gasteiger partial charge in [-0.15, -0.1) is 0 Å². The Bertz CT molecular complexity index is 1020. The van der Waals surface area contributed by atoms with Gasteiger partial charge < -0.3 is 5.32 Å². The van der Waals surface area contributed by atoms with E-state index in [-0.39, 0.29) is 0 Å². The molecule has 0 spiro atoms. The Balaban J connectivity index is 1.48. The number of hydrogen-bond acceptors (Lipinski definition) is 5. The van der Waals surface area contributed by atoms with Crippen molar-refractivity contribution in [2.45, 2.75) is 26.1 Å². The monoisotopic (exact) mass is 360 g/mol. The first-order valence-corrected chi connectivity index (χ1v) is 9.10. The molecule has 8 heteroatoms. The van der Waals surface area contributed by atoms with Crippen molar-refractivity contribution >= 4 is 0 Å². The molecule has 0 aliphatic carbocycles. The van der Waals surface area contributed by atoms with Crippen molar-refractivity contribution in [1.29, 1.82) is 0 Å². The van der Waals surface area contributed by atoms with Crippen LogP contribution in [0.3, 0.4) is 0 Å². The van der Waals surface area contributed by atoms with Crippen LogP contribution in [0, 0.1) is 0 Å². The minimum absolute atomic E-state index is 0.683. The Morgan fingerprint density at radius 1 is 1.19 bits per heavy atom. The van der Waals surface area contributed by atoms with Crippen molar-refractivity contribution in [3.63, 3.8) is 0 Å². The van der Waals surface area contributed by atoms with Crippen LogP contribution in [0.4, 0.5) is 0 Å². The van der Waals surface area contributed by atoms with Crippen molar-refractivity contribution in [2.75, 3.05) is 6.54 Å². The summed E-state index contributed by atoms with van der Waals surface area (Å²) in [5.41, 5.74) is 4.32. The summed E-state index contributed by atoms with van der Waals surface area (Å²) in [6.45, 7) is 3.51. The molecule has 1 aliphatic heterocycles. The third kappa shape index (κ3) is 3.15. The topological polar surface area (TPSA) is 78.4 Å².